The first-order valence-electron chi connectivity index (χ1n) is 17.3. The molecular formula is C42H74FeN2O4P2. The second kappa shape index (κ2) is 32.1. The maximum Gasteiger partial charge on any atom is 2.00 e. The normalized spacial score (nSPS) is 14.9. The number of hydrogen-bond donors (Lipinski definition) is 1. The summed E-state index contributed by atoms with van der Waals surface area (Å²) in [6.07, 6.45) is 17.8. The first-order valence-corrected chi connectivity index (χ1v) is 20.2. The molecule has 2 atom stereocenters. The molecule has 1 N–H and O–H groups in total. The first kappa shape index (κ1) is 58.9. The molecule has 0 saturated heterocycles. The zero-order chi connectivity index (χ0) is 37.4. The first-order chi connectivity index (χ1) is 22.6. The molecule has 2 heterocycles. The van der Waals surface area contributed by atoms with E-state index in [1.54, 1.807) is 6.08 Å². The van der Waals surface area contributed by atoms with Gasteiger partial charge in [-0.05, 0) is 115 Å². The van der Waals surface area contributed by atoms with E-state index in [1.165, 1.54) is 69.3 Å². The third-order valence-electron chi connectivity index (χ3n) is 8.24. The molecule has 2 fully saturated rings. The maximum absolute atomic E-state index is 10.8. The van der Waals surface area contributed by atoms with Crippen LogP contribution in [0, 0.1) is 26.9 Å². The number of esters is 1. The average Bonchev–Trinajstić information content (AvgIpc) is 3.79. The molecule has 6 nitrogen and oxygen atoms in total. The van der Waals surface area contributed by atoms with Crippen molar-refractivity contribution in [2.45, 2.75) is 149 Å². The average molecular weight is 789 g/mol. The summed E-state index contributed by atoms with van der Waals surface area (Å²) in [5.74, 6) is -0.134. The van der Waals surface area contributed by atoms with Gasteiger partial charge in [0.25, 0.3) is 0 Å². The number of aliphatic hydroxyl groups excluding tert-OH is 1. The Balaban J connectivity index is -0.000000191. The Morgan fingerprint density at radius 1 is 0.824 bits per heavy atom. The van der Waals surface area contributed by atoms with Crippen LogP contribution < -0.4 is 10.9 Å². The van der Waals surface area contributed by atoms with Gasteiger partial charge >= 0.3 is 34.3 Å². The Morgan fingerprint density at radius 2 is 1.12 bits per heavy atom. The molecule has 0 aromatic carbocycles. The molecule has 2 aliphatic rings. The smallest absolute Gasteiger partial charge is 0.358 e. The van der Waals surface area contributed by atoms with E-state index in [0.29, 0.717) is 10.3 Å². The van der Waals surface area contributed by atoms with Crippen molar-refractivity contribution in [1.82, 2.24) is 9.97 Å². The molecule has 0 bridgehead atoms. The van der Waals surface area contributed by atoms with Gasteiger partial charge in [-0.3, -0.25) is 14.8 Å². The number of carbonyl (C=O) groups excluding carboxylic acids is 1. The van der Waals surface area contributed by atoms with Crippen LogP contribution in [0.5, 0.6) is 0 Å². The summed E-state index contributed by atoms with van der Waals surface area (Å²) in [7, 11) is 2.20. The molecule has 2 saturated carbocycles. The van der Waals surface area contributed by atoms with Crippen LogP contribution in [-0.4, -0.2) is 56.9 Å². The van der Waals surface area contributed by atoms with Gasteiger partial charge in [-0.15, -0.1) is 6.58 Å². The van der Waals surface area contributed by atoms with Crippen molar-refractivity contribution in [1.29, 1.82) is 0 Å². The zero-order valence-electron chi connectivity index (χ0n) is 34.7. The quantitative estimate of drug-likeness (QED) is 0.0786. The Labute approximate surface area is 328 Å². The van der Waals surface area contributed by atoms with E-state index in [0.717, 1.165) is 24.8 Å². The molecule has 2 aromatic rings. The van der Waals surface area contributed by atoms with Gasteiger partial charge in [-0.1, -0.05) is 92.4 Å². The van der Waals surface area contributed by atoms with Crippen LogP contribution in [-0.2, 0) is 31.3 Å². The van der Waals surface area contributed by atoms with Crippen molar-refractivity contribution in [2.24, 2.45) is 5.41 Å². The zero-order valence-corrected chi connectivity index (χ0v) is 37.6. The van der Waals surface area contributed by atoms with E-state index in [4.69, 9.17) is 9.76 Å². The van der Waals surface area contributed by atoms with Crippen LogP contribution >= 0.6 is 15.8 Å². The Bertz CT molecular complexity index is 1040. The second-order valence-electron chi connectivity index (χ2n) is 14.5. The molecule has 2 aliphatic carbocycles. The van der Waals surface area contributed by atoms with E-state index in [-0.39, 0.29) is 59.1 Å². The van der Waals surface area contributed by atoms with E-state index in [1.807, 2.05) is 52.2 Å². The Kier molecular flexibility index (Phi) is 37.0. The number of carbonyl (C=O) groups is 1. The number of pyridine rings is 2. The van der Waals surface area contributed by atoms with E-state index in [9.17, 15) is 4.79 Å². The summed E-state index contributed by atoms with van der Waals surface area (Å²) in [6.45, 7) is 29.8. The topological polar surface area (TPSA) is 92.2 Å². The number of hydrogen-bond acceptors (Lipinski definition) is 5. The number of aliphatic hydroxyl groups is 1. The van der Waals surface area contributed by atoms with Crippen LogP contribution in [0.2, 0.25) is 0 Å². The maximum atomic E-state index is 10.8. The Hall–Kier alpha value is -1.41. The van der Waals surface area contributed by atoms with E-state index < -0.39 is 0 Å². The van der Waals surface area contributed by atoms with Crippen LogP contribution in [0.4, 0.5) is 0 Å². The summed E-state index contributed by atoms with van der Waals surface area (Å²) >= 11 is 0. The molecule has 51 heavy (non-hydrogen) atoms. The van der Waals surface area contributed by atoms with Gasteiger partial charge in [-0.2, -0.15) is 0 Å². The van der Waals surface area contributed by atoms with Gasteiger partial charge in [0.2, 0.25) is 0 Å². The molecule has 4 rings (SSSR count). The molecule has 2 aromatic heterocycles. The summed E-state index contributed by atoms with van der Waals surface area (Å²) in [4.78, 5) is 20.1. The largest absolute Gasteiger partial charge is 2.00 e. The van der Waals surface area contributed by atoms with Crippen LogP contribution in [0.3, 0.4) is 0 Å². The molecule has 0 radical (unpaired) electrons. The van der Waals surface area contributed by atoms with Crippen molar-refractivity contribution in [2.75, 3.05) is 14.2 Å². The van der Waals surface area contributed by atoms with Crippen LogP contribution in [0.1, 0.15) is 127 Å². The second-order valence-corrected chi connectivity index (χ2v) is 21.0. The van der Waals surface area contributed by atoms with E-state index >= 15 is 0 Å². The predicted molar refractivity (Wildman–Crippen MR) is 222 cm³/mol. The summed E-state index contributed by atoms with van der Waals surface area (Å²) in [5, 5.41) is 7.78. The summed E-state index contributed by atoms with van der Waals surface area (Å²) in [6, 6.07) is 12.8. The molecule has 0 aliphatic heterocycles. The summed E-state index contributed by atoms with van der Waals surface area (Å²) < 4.78 is 12.1. The number of ether oxygens (including phenoxy) is 1. The fourth-order valence-corrected chi connectivity index (χ4v) is 12.8. The fraction of sp³-hybridized carbons (Fsp3) is 0.619. The molecule has 9 heteroatoms. The minimum atomic E-state index is -0.311. The third kappa shape index (κ3) is 23.1. The van der Waals surface area contributed by atoms with Gasteiger partial charge in [0.05, 0.1) is 23.4 Å². The number of allylic oxidation sites excluding steroid dienone is 1. The summed E-state index contributed by atoms with van der Waals surface area (Å²) in [5.41, 5.74) is 4.22. The Morgan fingerprint density at radius 3 is 1.29 bits per heavy atom. The fourth-order valence-electron chi connectivity index (χ4n) is 5.89. The molecule has 2 unspecified atom stereocenters. The number of rotatable bonds is 6. The van der Waals surface area contributed by atoms with Crippen molar-refractivity contribution < 1.29 is 36.4 Å². The monoisotopic (exact) mass is 788 g/mol. The number of nitrogens with zero attached hydrogens (tertiary/aromatic N) is 2. The van der Waals surface area contributed by atoms with Crippen molar-refractivity contribution in [3.05, 3.63) is 83.0 Å². The minimum Gasteiger partial charge on any atom is -0.358 e. The van der Waals surface area contributed by atoms with Crippen LogP contribution in [0.15, 0.2) is 61.4 Å². The van der Waals surface area contributed by atoms with Gasteiger partial charge in [0, 0.05) is 19.5 Å². The third-order valence-corrected chi connectivity index (χ3v) is 15.1. The standard InChI is InChI=1S/2C14H22NP.C7H14O2.C3H6.CH4O.CO.2CH3.Fe/c2*1-14(2,3)16(12-8-4-5-9-12)13-10-6-7-11-15-13;1-5-7(2,3)6(8)9-4;1-3-2;2*1-2;;;/h2*6-7,10-12H,4-5,8-9H2,1-3H3;5H2,1-4H3;3H,1H2,2H3;2H,1H3;;2*1H3;/q;;;;;;2*-1;+2. The number of methoxy groups -OCH3 is 1. The van der Waals surface area contributed by atoms with Gasteiger partial charge < -0.3 is 24.7 Å². The van der Waals surface area contributed by atoms with Crippen molar-refractivity contribution in [3.8, 4) is 0 Å². The predicted octanol–water partition coefficient (Wildman–Crippen LogP) is 11.1. The van der Waals surface area contributed by atoms with Gasteiger partial charge in [-0.25, -0.2) is 0 Å². The molecule has 0 amide bonds. The minimum absolute atomic E-state index is 0. The molecule has 0 spiro atoms. The molecule has 294 valence electrons. The SMILES string of the molecule is C=CC.CC(C)(C)P(c1ccccn1)C1CCCC1.CC(C)(C)P(c1ccccn1)C1CCCC1.CCC(C)(C)C(=O)OC.CO.[C-]#[O+].[CH3-].[CH3-].[Fe+2]. The van der Waals surface area contributed by atoms with Crippen LogP contribution in [0.25, 0.3) is 0 Å². The molecular weight excluding hydrogens is 714 g/mol. The number of aromatic nitrogens is 2. The van der Waals surface area contributed by atoms with Crippen molar-refractivity contribution in [3.63, 3.8) is 0 Å². The van der Waals surface area contributed by atoms with Gasteiger partial charge in [0.1, 0.15) is 0 Å². The van der Waals surface area contributed by atoms with E-state index in [2.05, 4.69) is 93.7 Å². The van der Waals surface area contributed by atoms with Crippen molar-refractivity contribution >= 4 is 32.7 Å². The van der Waals surface area contributed by atoms with Gasteiger partial charge in [0.15, 0.2) is 0 Å².